The zero-order valence-electron chi connectivity index (χ0n) is 14.8. The molecule has 0 saturated carbocycles. The van der Waals surface area contributed by atoms with Gasteiger partial charge in [-0.05, 0) is 50.7 Å². The van der Waals surface area contributed by atoms with Gasteiger partial charge < -0.3 is 20.1 Å². The second-order valence-electron chi connectivity index (χ2n) is 6.30. The number of hydrogen-bond donors (Lipinski definition) is 2. The van der Waals surface area contributed by atoms with Crippen molar-refractivity contribution in [3.05, 3.63) is 59.7 Å². The molecule has 0 aliphatic heterocycles. The molecule has 0 aliphatic rings. The third kappa shape index (κ3) is 5.87. The second kappa shape index (κ2) is 9.30. The summed E-state index contributed by atoms with van der Waals surface area (Å²) in [5.41, 5.74) is 3.11. The SMILES string of the molecule is CC(Nc1cccc(OCCCN(C)C)c1)c1cccc(CO)c1. The third-order valence-corrected chi connectivity index (χ3v) is 3.87. The van der Waals surface area contributed by atoms with E-state index in [0.717, 1.165) is 42.1 Å². The molecule has 2 N–H and O–H groups in total. The number of anilines is 1. The number of nitrogens with one attached hydrogen (secondary N) is 1. The number of hydrogen-bond acceptors (Lipinski definition) is 4. The van der Waals surface area contributed by atoms with Crippen molar-refractivity contribution in [2.24, 2.45) is 0 Å². The van der Waals surface area contributed by atoms with Gasteiger partial charge in [-0.15, -0.1) is 0 Å². The molecule has 0 heterocycles. The Morgan fingerprint density at radius 2 is 1.92 bits per heavy atom. The average Bonchev–Trinajstić information content (AvgIpc) is 2.59. The minimum atomic E-state index is 0.0663. The molecule has 2 aromatic carbocycles. The molecule has 0 amide bonds. The number of nitrogens with zero attached hydrogens (tertiary/aromatic N) is 1. The molecule has 4 nitrogen and oxygen atoms in total. The van der Waals surface area contributed by atoms with Gasteiger partial charge in [-0.1, -0.05) is 30.3 Å². The van der Waals surface area contributed by atoms with Gasteiger partial charge in [0.1, 0.15) is 5.75 Å². The van der Waals surface area contributed by atoms with Gasteiger partial charge in [0.25, 0.3) is 0 Å². The van der Waals surface area contributed by atoms with E-state index in [1.807, 2.05) is 42.5 Å². The summed E-state index contributed by atoms with van der Waals surface area (Å²) < 4.78 is 5.82. The first-order chi connectivity index (χ1) is 11.6. The van der Waals surface area contributed by atoms with Crippen LogP contribution in [0.15, 0.2) is 48.5 Å². The van der Waals surface area contributed by atoms with Crippen molar-refractivity contribution in [1.82, 2.24) is 4.90 Å². The Morgan fingerprint density at radius 3 is 2.67 bits per heavy atom. The number of rotatable bonds is 9. The summed E-state index contributed by atoms with van der Waals surface area (Å²) in [5.74, 6) is 0.884. The Morgan fingerprint density at radius 1 is 1.12 bits per heavy atom. The Kier molecular flexibility index (Phi) is 7.09. The van der Waals surface area contributed by atoms with Crippen molar-refractivity contribution in [2.45, 2.75) is 26.0 Å². The maximum absolute atomic E-state index is 9.27. The maximum Gasteiger partial charge on any atom is 0.121 e. The molecular formula is C20H28N2O2. The lowest BCUT2D eigenvalue weighted by molar-refractivity contribution is 0.281. The van der Waals surface area contributed by atoms with E-state index in [9.17, 15) is 5.11 Å². The lowest BCUT2D eigenvalue weighted by atomic mass is 10.1. The molecule has 0 saturated heterocycles. The fourth-order valence-electron chi connectivity index (χ4n) is 2.54. The normalized spacial score (nSPS) is 12.2. The van der Waals surface area contributed by atoms with Crippen molar-refractivity contribution >= 4 is 5.69 Å². The average molecular weight is 328 g/mol. The van der Waals surface area contributed by atoms with Gasteiger partial charge in [0.15, 0.2) is 0 Å². The van der Waals surface area contributed by atoms with Gasteiger partial charge in [0.2, 0.25) is 0 Å². The van der Waals surface area contributed by atoms with Gasteiger partial charge in [0, 0.05) is 24.3 Å². The van der Waals surface area contributed by atoms with Crippen LogP contribution >= 0.6 is 0 Å². The van der Waals surface area contributed by atoms with E-state index in [0.29, 0.717) is 0 Å². The Balaban J connectivity index is 1.93. The van der Waals surface area contributed by atoms with Crippen LogP contribution in [0.2, 0.25) is 0 Å². The first-order valence-corrected chi connectivity index (χ1v) is 8.42. The molecule has 1 atom stereocenters. The van der Waals surface area contributed by atoms with E-state index in [-0.39, 0.29) is 12.6 Å². The molecule has 24 heavy (non-hydrogen) atoms. The van der Waals surface area contributed by atoms with Crippen LogP contribution in [0.5, 0.6) is 5.75 Å². The standard InChI is InChI=1S/C20H28N2O2/c1-16(18-8-4-7-17(13-18)15-23)21-19-9-5-10-20(14-19)24-12-6-11-22(2)3/h4-5,7-10,13-14,16,21,23H,6,11-12,15H2,1-3H3. The third-order valence-electron chi connectivity index (χ3n) is 3.87. The number of aliphatic hydroxyl groups excluding tert-OH is 1. The molecule has 0 aliphatic carbocycles. The van der Waals surface area contributed by atoms with Gasteiger partial charge >= 0.3 is 0 Å². The van der Waals surface area contributed by atoms with Crippen LogP contribution in [0.4, 0.5) is 5.69 Å². The van der Waals surface area contributed by atoms with Crippen LogP contribution in [0.1, 0.15) is 30.5 Å². The van der Waals surface area contributed by atoms with E-state index in [4.69, 9.17) is 4.74 Å². The van der Waals surface area contributed by atoms with E-state index < -0.39 is 0 Å². The number of ether oxygens (including phenoxy) is 1. The molecule has 4 heteroatoms. The van der Waals surface area contributed by atoms with Crippen molar-refractivity contribution < 1.29 is 9.84 Å². The molecule has 0 aromatic heterocycles. The van der Waals surface area contributed by atoms with Gasteiger partial charge in [-0.2, -0.15) is 0 Å². The van der Waals surface area contributed by atoms with E-state index in [1.165, 1.54) is 0 Å². The second-order valence-corrected chi connectivity index (χ2v) is 6.30. The topological polar surface area (TPSA) is 44.7 Å². The molecule has 0 radical (unpaired) electrons. The molecule has 2 aromatic rings. The molecule has 130 valence electrons. The highest BCUT2D eigenvalue weighted by atomic mass is 16.5. The monoisotopic (exact) mass is 328 g/mol. The van der Waals surface area contributed by atoms with E-state index in [2.05, 4.69) is 37.3 Å². The van der Waals surface area contributed by atoms with Gasteiger partial charge in [-0.25, -0.2) is 0 Å². The van der Waals surface area contributed by atoms with Crippen molar-refractivity contribution in [3.63, 3.8) is 0 Å². The summed E-state index contributed by atoms with van der Waals surface area (Å²) in [6.07, 6.45) is 1.01. The minimum absolute atomic E-state index is 0.0663. The molecule has 0 bridgehead atoms. The lowest BCUT2D eigenvalue weighted by Crippen LogP contribution is -2.15. The Labute approximate surface area is 145 Å². The molecule has 2 rings (SSSR count). The van der Waals surface area contributed by atoms with E-state index in [1.54, 1.807) is 0 Å². The smallest absolute Gasteiger partial charge is 0.121 e. The van der Waals surface area contributed by atoms with Crippen LogP contribution in [-0.2, 0) is 6.61 Å². The van der Waals surface area contributed by atoms with Crippen LogP contribution in [-0.4, -0.2) is 37.3 Å². The summed E-state index contributed by atoms with van der Waals surface area (Å²) in [7, 11) is 4.13. The van der Waals surface area contributed by atoms with Crippen molar-refractivity contribution in [2.75, 3.05) is 32.6 Å². The summed E-state index contributed by atoms with van der Waals surface area (Å²) >= 11 is 0. The lowest BCUT2D eigenvalue weighted by Gasteiger charge is -2.17. The highest BCUT2D eigenvalue weighted by Gasteiger charge is 2.07. The first-order valence-electron chi connectivity index (χ1n) is 8.42. The predicted molar refractivity (Wildman–Crippen MR) is 99.5 cm³/mol. The first kappa shape index (κ1) is 18.3. The number of benzene rings is 2. The Hall–Kier alpha value is -2.04. The Bertz CT molecular complexity index is 629. The zero-order valence-corrected chi connectivity index (χ0v) is 14.8. The van der Waals surface area contributed by atoms with Crippen LogP contribution in [0.3, 0.4) is 0 Å². The van der Waals surface area contributed by atoms with Crippen molar-refractivity contribution in [3.8, 4) is 5.75 Å². The predicted octanol–water partition coefficient (Wildman–Crippen LogP) is 3.68. The fraction of sp³-hybridized carbons (Fsp3) is 0.400. The minimum Gasteiger partial charge on any atom is -0.493 e. The quantitative estimate of drug-likeness (QED) is 0.689. The highest BCUT2D eigenvalue weighted by molar-refractivity contribution is 5.50. The van der Waals surface area contributed by atoms with Crippen LogP contribution in [0, 0.1) is 0 Å². The summed E-state index contributed by atoms with van der Waals surface area (Å²) in [6, 6.07) is 16.2. The fourth-order valence-corrected chi connectivity index (χ4v) is 2.54. The van der Waals surface area contributed by atoms with Gasteiger partial charge in [0.05, 0.1) is 13.2 Å². The zero-order chi connectivity index (χ0) is 17.4. The van der Waals surface area contributed by atoms with Gasteiger partial charge in [-0.3, -0.25) is 0 Å². The highest BCUT2D eigenvalue weighted by Crippen LogP contribution is 2.23. The molecule has 1 unspecified atom stereocenters. The summed E-state index contributed by atoms with van der Waals surface area (Å²) in [6.45, 7) is 3.92. The molecule has 0 spiro atoms. The van der Waals surface area contributed by atoms with Crippen molar-refractivity contribution in [1.29, 1.82) is 0 Å². The summed E-state index contributed by atoms with van der Waals surface area (Å²) in [5, 5.41) is 12.8. The van der Waals surface area contributed by atoms with Crippen LogP contribution < -0.4 is 10.1 Å². The molecule has 0 fully saturated rings. The largest absolute Gasteiger partial charge is 0.493 e. The summed E-state index contributed by atoms with van der Waals surface area (Å²) in [4.78, 5) is 2.16. The van der Waals surface area contributed by atoms with Crippen LogP contribution in [0.25, 0.3) is 0 Å². The van der Waals surface area contributed by atoms with E-state index >= 15 is 0 Å². The maximum atomic E-state index is 9.27. The molecular weight excluding hydrogens is 300 g/mol. The number of aliphatic hydroxyl groups is 1.